The summed E-state index contributed by atoms with van der Waals surface area (Å²) in [6.07, 6.45) is 1.10. The van der Waals surface area contributed by atoms with Gasteiger partial charge in [-0.1, -0.05) is 26.0 Å². The lowest BCUT2D eigenvalue weighted by Crippen LogP contribution is -2.47. The van der Waals surface area contributed by atoms with Crippen LogP contribution in [-0.2, 0) is 16.6 Å². The molecule has 0 radical (unpaired) electrons. The Morgan fingerprint density at radius 1 is 1.16 bits per heavy atom. The van der Waals surface area contributed by atoms with Crippen molar-refractivity contribution in [2.24, 2.45) is 0 Å². The quantitative estimate of drug-likeness (QED) is 0.587. The van der Waals surface area contributed by atoms with Crippen LogP contribution in [0.1, 0.15) is 31.4 Å². The second-order valence-electron chi connectivity index (χ2n) is 9.18. The van der Waals surface area contributed by atoms with Crippen LogP contribution in [0.5, 0.6) is 0 Å². The zero-order valence-corrected chi connectivity index (χ0v) is 20.0. The van der Waals surface area contributed by atoms with Crippen LogP contribution in [-0.4, -0.2) is 47.9 Å². The molecule has 3 heterocycles. The smallest absolute Gasteiger partial charge is 0.225 e. The number of piperazine rings is 1. The van der Waals surface area contributed by atoms with Gasteiger partial charge in [-0.15, -0.1) is 12.4 Å². The summed E-state index contributed by atoms with van der Waals surface area (Å²) in [5.41, 5.74) is 2.26. The van der Waals surface area contributed by atoms with Crippen LogP contribution in [0.2, 0.25) is 0 Å². The number of carbonyl (C=O) groups is 1. The van der Waals surface area contributed by atoms with E-state index in [1.54, 1.807) is 23.7 Å². The van der Waals surface area contributed by atoms with Crippen LogP contribution in [0.3, 0.4) is 0 Å². The number of anilines is 2. The van der Waals surface area contributed by atoms with Gasteiger partial charge in [-0.3, -0.25) is 9.69 Å². The number of fused-ring (bicyclic) bond motifs is 2. The highest BCUT2D eigenvalue weighted by Crippen LogP contribution is 2.40. The fourth-order valence-corrected chi connectivity index (χ4v) is 5.58. The van der Waals surface area contributed by atoms with Crippen molar-refractivity contribution < 1.29 is 9.18 Å². The molecule has 2 aromatic carbocycles. The molecule has 1 amide bonds. The molecule has 1 fully saturated rings. The molecule has 0 atom stereocenters. The van der Waals surface area contributed by atoms with Crippen molar-refractivity contribution in [1.29, 1.82) is 0 Å². The third kappa shape index (κ3) is 4.34. The predicted octanol–water partition coefficient (Wildman–Crippen LogP) is 4.84. The number of rotatable bonds is 4. The molecule has 1 N–H and O–H groups in total. The van der Waals surface area contributed by atoms with Crippen LogP contribution >= 0.6 is 23.9 Å². The summed E-state index contributed by atoms with van der Waals surface area (Å²) in [4.78, 5) is 17.0. The van der Waals surface area contributed by atoms with Gasteiger partial charge in [-0.2, -0.15) is 4.37 Å². The Bertz CT molecular complexity index is 1140. The van der Waals surface area contributed by atoms with Gasteiger partial charge in [0.15, 0.2) is 0 Å². The van der Waals surface area contributed by atoms with Gasteiger partial charge in [0.25, 0.3) is 0 Å². The Balaban J connectivity index is 0.00000245. The first-order valence-corrected chi connectivity index (χ1v) is 11.6. The molecule has 32 heavy (non-hydrogen) atoms. The molecule has 0 saturated carbocycles. The van der Waals surface area contributed by atoms with Crippen molar-refractivity contribution in [2.45, 2.75) is 32.1 Å². The van der Waals surface area contributed by atoms with Crippen LogP contribution < -0.4 is 10.2 Å². The lowest BCUT2D eigenvalue weighted by atomic mass is 9.77. The van der Waals surface area contributed by atoms with Gasteiger partial charge < -0.3 is 10.2 Å². The molecule has 0 bridgehead atoms. The zero-order chi connectivity index (χ0) is 21.6. The van der Waals surface area contributed by atoms with Gasteiger partial charge in [0.1, 0.15) is 11.6 Å². The molecule has 2 aliphatic heterocycles. The number of nitrogens with zero attached hydrogens (tertiary/aromatic N) is 3. The summed E-state index contributed by atoms with van der Waals surface area (Å²) >= 11 is 1.55. The molecule has 2 aliphatic rings. The molecular formula is C24H28ClFN4OS. The first kappa shape index (κ1) is 23.0. The fourth-order valence-electron chi connectivity index (χ4n) is 4.78. The summed E-state index contributed by atoms with van der Waals surface area (Å²) in [6.45, 7) is 8.61. The van der Waals surface area contributed by atoms with E-state index in [0.717, 1.165) is 61.8 Å². The highest BCUT2D eigenvalue weighted by atomic mass is 35.5. The van der Waals surface area contributed by atoms with Gasteiger partial charge in [-0.05, 0) is 53.3 Å². The standard InChI is InChI=1S/C24H27FN4OS.ClH/c1-24(2)15-21(30)26-22-16(13-17(25)14-19(22)24)7-8-28-9-11-29(12-10-28)23-18-5-3-4-6-20(18)31-27-23;/h3-6,13-14H,7-12,15H2,1-2H3,(H,26,30);1H. The summed E-state index contributed by atoms with van der Waals surface area (Å²) in [7, 11) is 0. The molecule has 170 valence electrons. The highest BCUT2D eigenvalue weighted by molar-refractivity contribution is 7.13. The lowest BCUT2D eigenvalue weighted by Gasteiger charge is -2.36. The van der Waals surface area contributed by atoms with Gasteiger partial charge in [0.2, 0.25) is 5.91 Å². The Hall–Kier alpha value is -2.22. The third-order valence-electron chi connectivity index (χ3n) is 6.51. The Morgan fingerprint density at radius 2 is 1.91 bits per heavy atom. The lowest BCUT2D eigenvalue weighted by molar-refractivity contribution is -0.117. The summed E-state index contributed by atoms with van der Waals surface area (Å²) in [6, 6.07) is 11.5. The van der Waals surface area contributed by atoms with Crippen molar-refractivity contribution in [3.63, 3.8) is 0 Å². The monoisotopic (exact) mass is 474 g/mol. The second kappa shape index (κ2) is 8.96. The van der Waals surface area contributed by atoms with Gasteiger partial charge in [-0.25, -0.2) is 4.39 Å². The maximum absolute atomic E-state index is 14.4. The van der Waals surface area contributed by atoms with E-state index in [4.69, 9.17) is 0 Å². The van der Waals surface area contributed by atoms with Crippen LogP contribution in [0.4, 0.5) is 15.9 Å². The van der Waals surface area contributed by atoms with Crippen LogP contribution in [0.25, 0.3) is 10.1 Å². The largest absolute Gasteiger partial charge is 0.353 e. The van der Waals surface area contributed by atoms with Gasteiger partial charge >= 0.3 is 0 Å². The van der Waals surface area contributed by atoms with Gasteiger partial charge in [0, 0.05) is 55.6 Å². The minimum atomic E-state index is -0.351. The summed E-state index contributed by atoms with van der Waals surface area (Å²) in [5.74, 6) is 0.872. The predicted molar refractivity (Wildman–Crippen MR) is 132 cm³/mol. The molecule has 5 nitrogen and oxygen atoms in total. The Kier molecular flexibility index (Phi) is 6.43. The van der Waals surface area contributed by atoms with Crippen molar-refractivity contribution in [1.82, 2.24) is 9.27 Å². The van der Waals surface area contributed by atoms with E-state index in [1.165, 1.54) is 10.1 Å². The van der Waals surface area contributed by atoms with Gasteiger partial charge in [0.05, 0.1) is 4.70 Å². The number of hydrogen-bond donors (Lipinski definition) is 1. The molecule has 5 rings (SSSR count). The first-order valence-electron chi connectivity index (χ1n) is 10.9. The van der Waals surface area contributed by atoms with Crippen molar-refractivity contribution in [2.75, 3.05) is 42.9 Å². The SMILES string of the molecule is CC1(C)CC(=O)Nc2c(CCN3CCN(c4nsc5ccccc45)CC3)cc(F)cc21.Cl. The van der Waals surface area contributed by atoms with Crippen molar-refractivity contribution in [3.8, 4) is 0 Å². The number of carbonyl (C=O) groups excluding carboxylic acids is 1. The van der Waals surface area contributed by atoms with E-state index >= 15 is 0 Å². The Morgan fingerprint density at radius 3 is 2.69 bits per heavy atom. The number of hydrogen-bond acceptors (Lipinski definition) is 5. The normalized spacial score (nSPS) is 18.2. The fraction of sp³-hybridized carbons (Fsp3) is 0.417. The maximum atomic E-state index is 14.4. The zero-order valence-electron chi connectivity index (χ0n) is 18.4. The molecule has 0 aliphatic carbocycles. The van der Waals surface area contributed by atoms with Crippen molar-refractivity contribution in [3.05, 3.63) is 53.3 Å². The second-order valence-corrected chi connectivity index (χ2v) is 9.98. The average Bonchev–Trinajstić information content (AvgIpc) is 3.17. The maximum Gasteiger partial charge on any atom is 0.225 e. The minimum absolute atomic E-state index is 0. The number of halogens is 2. The number of benzene rings is 2. The molecule has 8 heteroatoms. The average molecular weight is 475 g/mol. The van der Waals surface area contributed by atoms with E-state index in [2.05, 4.69) is 43.8 Å². The van der Waals surface area contributed by atoms with E-state index in [-0.39, 0.29) is 29.5 Å². The number of nitrogens with one attached hydrogen (secondary N) is 1. The molecular weight excluding hydrogens is 447 g/mol. The molecule has 1 saturated heterocycles. The Labute approximate surface area is 198 Å². The highest BCUT2D eigenvalue weighted by Gasteiger charge is 2.34. The van der Waals surface area contributed by atoms with E-state index in [1.807, 2.05) is 13.8 Å². The number of aromatic nitrogens is 1. The molecule has 1 aromatic heterocycles. The summed E-state index contributed by atoms with van der Waals surface area (Å²) in [5, 5.41) is 4.23. The van der Waals surface area contributed by atoms with Crippen LogP contribution in [0, 0.1) is 5.82 Å². The summed E-state index contributed by atoms with van der Waals surface area (Å²) < 4.78 is 20.3. The van der Waals surface area contributed by atoms with E-state index in [9.17, 15) is 9.18 Å². The van der Waals surface area contributed by atoms with E-state index < -0.39 is 0 Å². The van der Waals surface area contributed by atoms with Crippen molar-refractivity contribution >= 4 is 51.4 Å². The molecule has 3 aromatic rings. The minimum Gasteiger partial charge on any atom is -0.353 e. The molecule has 0 spiro atoms. The molecule has 0 unspecified atom stereocenters. The number of amides is 1. The first-order chi connectivity index (χ1) is 14.9. The third-order valence-corrected chi connectivity index (χ3v) is 7.33. The van der Waals surface area contributed by atoms with Crippen LogP contribution in [0.15, 0.2) is 36.4 Å². The van der Waals surface area contributed by atoms with E-state index in [0.29, 0.717) is 6.42 Å². The topological polar surface area (TPSA) is 48.5 Å².